The highest BCUT2D eigenvalue weighted by Gasteiger charge is 2.24. The van der Waals surface area contributed by atoms with Crippen LogP contribution in [0.25, 0.3) is 0 Å². The minimum Gasteiger partial charge on any atom is -0.856 e. The third-order valence-corrected chi connectivity index (χ3v) is 4.40. The van der Waals surface area contributed by atoms with Crippen LogP contribution in [-0.4, -0.2) is 42.1 Å². The number of Topliss-reactive ketones (excluding diaryl/α,β-unsaturated/α-hetero) is 1. The van der Waals surface area contributed by atoms with Crippen molar-refractivity contribution in [3.8, 4) is 5.75 Å². The van der Waals surface area contributed by atoms with Gasteiger partial charge in [-0.2, -0.15) is 0 Å². The minimum absolute atomic E-state index is 0.236. The third kappa shape index (κ3) is 4.52. The van der Waals surface area contributed by atoms with Gasteiger partial charge < -0.3 is 9.84 Å². The monoisotopic (exact) mass is 407 g/mol. The molecule has 0 aliphatic rings. The molecule has 0 bridgehead atoms. The highest BCUT2D eigenvalue weighted by molar-refractivity contribution is 5.95. The molecule has 3 rings (SSSR count). The van der Waals surface area contributed by atoms with Gasteiger partial charge in [0.1, 0.15) is 5.75 Å². The quantitative estimate of drug-likeness (QED) is 0.262. The molecule has 30 heavy (non-hydrogen) atoms. The summed E-state index contributed by atoms with van der Waals surface area (Å²) in [5.74, 6) is -0.321. The van der Waals surface area contributed by atoms with Gasteiger partial charge in [-0.3, -0.25) is 9.79 Å². The Morgan fingerprint density at radius 1 is 1.20 bits per heavy atom. The van der Waals surface area contributed by atoms with Crippen LogP contribution in [0.15, 0.2) is 63.4 Å². The Hall–Kier alpha value is -4.01. The number of hydrogen-bond donors (Lipinski definition) is 1. The van der Waals surface area contributed by atoms with Crippen LogP contribution in [0.1, 0.15) is 27.2 Å². The van der Waals surface area contributed by atoms with Gasteiger partial charge in [0.05, 0.1) is 13.3 Å². The molecule has 0 atom stereocenters. The lowest BCUT2D eigenvalue weighted by Gasteiger charge is -2.05. The zero-order valence-electron chi connectivity index (χ0n) is 16.8. The molecule has 0 unspecified atom stereocenters. The first-order chi connectivity index (χ1) is 14.4. The molecule has 9 heteroatoms. The molecule has 0 fully saturated rings. The highest BCUT2D eigenvalue weighted by Crippen LogP contribution is 2.09. The number of benzene rings is 2. The van der Waals surface area contributed by atoms with E-state index in [2.05, 4.69) is 15.3 Å². The second kappa shape index (κ2) is 8.99. The van der Waals surface area contributed by atoms with Crippen molar-refractivity contribution in [2.24, 2.45) is 10.1 Å². The molecule has 1 N–H and O–H groups in total. The summed E-state index contributed by atoms with van der Waals surface area (Å²) in [4.78, 5) is 29.7. The Morgan fingerprint density at radius 2 is 1.87 bits per heavy atom. The molecule has 0 radical (unpaired) electrons. The molecule has 1 heterocycles. The predicted octanol–water partition coefficient (Wildman–Crippen LogP) is 0.283. The average Bonchev–Trinajstić information content (AvgIpc) is 3.07. The fourth-order valence-corrected chi connectivity index (χ4v) is 2.72. The van der Waals surface area contributed by atoms with E-state index in [9.17, 15) is 14.7 Å². The molecule has 2 aromatic carbocycles. The van der Waals surface area contributed by atoms with E-state index in [1.54, 1.807) is 43.5 Å². The van der Waals surface area contributed by atoms with Gasteiger partial charge in [0.2, 0.25) is 5.78 Å². The number of nitrogens with one attached hydrogen (secondary N) is 1. The van der Waals surface area contributed by atoms with E-state index < -0.39 is 11.5 Å². The molecular formula is C21H21N5O4. The number of ether oxygens (including phenoxy) is 1. The van der Waals surface area contributed by atoms with Gasteiger partial charge in [-0.05, 0) is 36.8 Å². The van der Waals surface area contributed by atoms with Crippen LogP contribution in [0, 0.1) is 6.92 Å². The second-order valence-corrected chi connectivity index (χ2v) is 6.49. The number of methoxy groups -OCH3 is 1. The van der Waals surface area contributed by atoms with Crippen molar-refractivity contribution < 1.29 is 19.3 Å². The van der Waals surface area contributed by atoms with Gasteiger partial charge in [-0.15, -0.1) is 4.68 Å². The lowest BCUT2D eigenvalue weighted by atomic mass is 10.1. The van der Waals surface area contributed by atoms with Crippen LogP contribution in [-0.2, 0) is 6.54 Å². The van der Waals surface area contributed by atoms with Crippen LogP contribution in [0.2, 0.25) is 0 Å². The number of rotatable bonds is 7. The first-order valence-electron chi connectivity index (χ1n) is 9.10. The number of H-pyrrole nitrogens is 1. The normalized spacial score (nSPS) is 11.8. The summed E-state index contributed by atoms with van der Waals surface area (Å²) in [6.45, 7) is 1.68. The summed E-state index contributed by atoms with van der Waals surface area (Å²) < 4.78 is 6.26. The van der Waals surface area contributed by atoms with Crippen LogP contribution in [0.4, 0.5) is 0 Å². The Balaban J connectivity index is 1.92. The number of ketones is 1. The number of aromatic amines is 1. The molecule has 0 spiro atoms. The third-order valence-electron chi connectivity index (χ3n) is 4.40. The molecule has 0 saturated heterocycles. The largest absolute Gasteiger partial charge is 0.856 e. The highest BCUT2D eigenvalue weighted by atomic mass is 16.5. The van der Waals surface area contributed by atoms with Crippen LogP contribution in [0.3, 0.4) is 0 Å². The van der Waals surface area contributed by atoms with Crippen molar-refractivity contribution in [3.63, 3.8) is 0 Å². The van der Waals surface area contributed by atoms with E-state index in [0.29, 0.717) is 16.9 Å². The van der Waals surface area contributed by atoms with E-state index >= 15 is 0 Å². The number of carbonyl (C=O) groups is 1. The lowest BCUT2D eigenvalue weighted by molar-refractivity contribution is -0.745. The first kappa shape index (κ1) is 20.7. The predicted molar refractivity (Wildman–Crippen MR) is 109 cm³/mol. The second-order valence-electron chi connectivity index (χ2n) is 6.49. The fourth-order valence-electron chi connectivity index (χ4n) is 2.72. The molecule has 0 amide bonds. The van der Waals surface area contributed by atoms with Crippen molar-refractivity contribution in [1.82, 2.24) is 10.0 Å². The smallest absolute Gasteiger partial charge is 0.427 e. The van der Waals surface area contributed by atoms with E-state index in [-0.39, 0.29) is 18.0 Å². The molecule has 154 valence electrons. The molecule has 9 nitrogen and oxygen atoms in total. The lowest BCUT2D eigenvalue weighted by Crippen LogP contribution is -2.48. The maximum Gasteiger partial charge on any atom is 0.427 e. The molecule has 3 aromatic rings. The van der Waals surface area contributed by atoms with Crippen LogP contribution < -0.4 is 20.1 Å². The van der Waals surface area contributed by atoms with E-state index in [0.717, 1.165) is 15.0 Å². The zero-order chi connectivity index (χ0) is 21.7. The summed E-state index contributed by atoms with van der Waals surface area (Å²) >= 11 is 0. The number of nitrogens with zero attached hydrogens (tertiary/aromatic N) is 4. The fraction of sp³-hybridized carbons (Fsp3) is 0.190. The van der Waals surface area contributed by atoms with Crippen molar-refractivity contribution in [2.75, 3.05) is 14.2 Å². The minimum atomic E-state index is -0.744. The summed E-state index contributed by atoms with van der Waals surface area (Å²) in [5, 5.41) is 18.9. The molecular weight excluding hydrogens is 386 g/mol. The number of aromatic nitrogens is 3. The van der Waals surface area contributed by atoms with Crippen molar-refractivity contribution in [3.05, 3.63) is 81.3 Å². The van der Waals surface area contributed by atoms with Crippen molar-refractivity contribution in [1.29, 1.82) is 0 Å². The van der Waals surface area contributed by atoms with Crippen molar-refractivity contribution >= 4 is 17.9 Å². The zero-order valence-corrected chi connectivity index (χ0v) is 16.8. The number of hydrogen-bond acceptors (Lipinski definition) is 6. The van der Waals surface area contributed by atoms with E-state index in [1.807, 2.05) is 19.1 Å². The maximum absolute atomic E-state index is 12.7. The van der Waals surface area contributed by atoms with E-state index in [1.165, 1.54) is 13.3 Å². The van der Waals surface area contributed by atoms with Crippen molar-refractivity contribution in [2.45, 2.75) is 13.5 Å². The Morgan fingerprint density at radius 3 is 2.47 bits per heavy atom. The van der Waals surface area contributed by atoms with Gasteiger partial charge in [0.15, 0.2) is 6.54 Å². The Kier molecular flexibility index (Phi) is 6.21. The molecule has 1 aromatic heterocycles. The van der Waals surface area contributed by atoms with Gasteiger partial charge in [0, 0.05) is 23.3 Å². The summed E-state index contributed by atoms with van der Waals surface area (Å²) in [5.41, 5.74) is 1.23. The van der Waals surface area contributed by atoms with Gasteiger partial charge in [-0.1, -0.05) is 40.1 Å². The van der Waals surface area contributed by atoms with Gasteiger partial charge in [-0.25, -0.2) is 4.79 Å². The molecule has 0 aliphatic heterocycles. The summed E-state index contributed by atoms with van der Waals surface area (Å²) in [6.07, 6.45) is 1.45. The number of carbonyl (C=O) groups excluding carboxylic acids is 1. The molecule has 0 aliphatic carbocycles. The van der Waals surface area contributed by atoms with Crippen LogP contribution >= 0.6 is 0 Å². The van der Waals surface area contributed by atoms with Gasteiger partial charge in [0.25, 0.3) is 5.69 Å². The Bertz CT molecular complexity index is 1160. The van der Waals surface area contributed by atoms with Crippen LogP contribution in [0.5, 0.6) is 5.75 Å². The number of aryl methyl sites for hydroxylation is 1. The Labute approximate surface area is 172 Å². The first-order valence-corrected chi connectivity index (χ1v) is 9.10. The standard InChI is InChI=1S/C21H21N5O4/c1-14-4-8-16(9-5-14)18(27)13-25-19(20(28)22-2)21(29)26(24-25)23-12-15-6-10-17(30-3)11-7-15/h4-12H,13H2,1-3H3,(H-,22,24,28,29)/b23-12+. The average molecular weight is 407 g/mol. The topological polar surface area (TPSA) is 116 Å². The maximum atomic E-state index is 12.7. The van der Waals surface area contributed by atoms with Gasteiger partial charge >= 0.3 is 5.56 Å². The summed E-state index contributed by atoms with van der Waals surface area (Å²) in [7, 11) is 2.85. The SMILES string of the molecule is CN=C([O-])c1c(=O)n(/N=C/c2ccc(OC)cc2)[nH][n+]1CC(=O)c1ccc(C)cc1. The molecule has 0 saturated carbocycles. The number of aliphatic imine (C=N–C) groups is 1. The van der Waals surface area contributed by atoms with E-state index in [4.69, 9.17) is 4.74 Å². The summed E-state index contributed by atoms with van der Waals surface area (Å²) in [6, 6.07) is 14.1.